The van der Waals surface area contributed by atoms with Gasteiger partial charge in [-0.25, -0.2) is 4.79 Å². The average Bonchev–Trinajstić information content (AvgIpc) is 3.36. The largest absolute Gasteiger partial charge is 0.342 e. The molecule has 4 aliphatic rings. The van der Waals surface area contributed by atoms with Crippen LogP contribution < -0.4 is 16.0 Å². The summed E-state index contributed by atoms with van der Waals surface area (Å²) >= 11 is 0. The Hall–Kier alpha value is -1.01. The third-order valence-corrected chi connectivity index (χ3v) is 7.17. The second-order valence-electron chi connectivity index (χ2n) is 8.92. The molecule has 1 atom stereocenters. The monoisotopic (exact) mass is 398 g/mol. The van der Waals surface area contributed by atoms with Gasteiger partial charge in [-0.15, -0.1) is 12.4 Å². The summed E-state index contributed by atoms with van der Waals surface area (Å²) in [5.41, 5.74) is 0.317. The van der Waals surface area contributed by atoms with Crippen LogP contribution in [0, 0.1) is 11.3 Å². The first-order valence-corrected chi connectivity index (χ1v) is 10.7. The van der Waals surface area contributed by atoms with E-state index in [2.05, 4.69) is 20.9 Å². The first kappa shape index (κ1) is 20.7. The maximum Gasteiger partial charge on any atom is 0.315 e. The van der Waals surface area contributed by atoms with Crippen LogP contribution in [0.3, 0.4) is 0 Å². The summed E-state index contributed by atoms with van der Waals surface area (Å²) in [6.07, 6.45) is 11.1. The topological polar surface area (TPSA) is 73.5 Å². The number of amides is 3. The summed E-state index contributed by atoms with van der Waals surface area (Å²) < 4.78 is 0. The van der Waals surface area contributed by atoms with Gasteiger partial charge in [0.05, 0.1) is 0 Å². The van der Waals surface area contributed by atoms with E-state index in [1.54, 1.807) is 0 Å². The molecular formula is C20H35ClN4O2. The van der Waals surface area contributed by atoms with Gasteiger partial charge < -0.3 is 20.9 Å². The first-order chi connectivity index (χ1) is 12.7. The molecule has 2 saturated heterocycles. The molecule has 3 amide bonds. The van der Waals surface area contributed by atoms with Gasteiger partial charge in [-0.3, -0.25) is 4.79 Å². The Kier molecular flexibility index (Phi) is 6.90. The van der Waals surface area contributed by atoms with Crippen LogP contribution in [0.4, 0.5) is 4.79 Å². The number of nitrogens with one attached hydrogen (secondary N) is 3. The SMILES string of the molecule is Cl.O=C(NC1CCCCC1)NC1CCN(C(=O)C2CC23CCNCC3)CC1. The molecule has 2 aliphatic heterocycles. The Morgan fingerprint density at radius 1 is 0.889 bits per heavy atom. The molecule has 0 radical (unpaired) electrons. The van der Waals surface area contributed by atoms with Crippen molar-refractivity contribution in [1.82, 2.24) is 20.9 Å². The lowest BCUT2D eigenvalue weighted by molar-refractivity contribution is -0.134. The maximum absolute atomic E-state index is 12.8. The summed E-state index contributed by atoms with van der Waals surface area (Å²) in [4.78, 5) is 27.1. The van der Waals surface area contributed by atoms with Crippen molar-refractivity contribution >= 4 is 24.3 Å². The fraction of sp³-hybridized carbons (Fsp3) is 0.900. The molecule has 2 heterocycles. The standard InChI is InChI=1S/C20H34N4O2.ClH/c25-18(17-14-20(17)8-10-21-11-9-20)24-12-6-16(7-13-24)23-19(26)22-15-4-2-1-3-5-15;/h15-17,21H,1-14H2,(H2,22,23,26);1H. The highest BCUT2D eigenvalue weighted by Gasteiger charge is 2.58. The van der Waals surface area contributed by atoms with E-state index < -0.39 is 0 Å². The molecule has 4 rings (SSSR count). The number of hydrogen-bond donors (Lipinski definition) is 3. The van der Waals surface area contributed by atoms with Crippen LogP contribution in [0.15, 0.2) is 0 Å². The predicted molar refractivity (Wildman–Crippen MR) is 108 cm³/mol. The second kappa shape index (κ2) is 8.99. The molecule has 0 aromatic rings. The summed E-state index contributed by atoms with van der Waals surface area (Å²) in [7, 11) is 0. The molecule has 2 aliphatic carbocycles. The Labute approximate surface area is 169 Å². The molecule has 1 unspecified atom stereocenters. The molecule has 1 spiro atoms. The van der Waals surface area contributed by atoms with Crippen LogP contribution in [0.1, 0.15) is 64.2 Å². The van der Waals surface area contributed by atoms with E-state index in [1.807, 2.05) is 0 Å². The third kappa shape index (κ3) is 4.89. The fourth-order valence-electron chi connectivity index (χ4n) is 5.30. The molecule has 7 heteroatoms. The van der Waals surface area contributed by atoms with Gasteiger partial charge in [0.25, 0.3) is 0 Å². The van der Waals surface area contributed by atoms with Crippen molar-refractivity contribution in [3.05, 3.63) is 0 Å². The smallest absolute Gasteiger partial charge is 0.315 e. The Bertz CT molecular complexity index is 524. The molecule has 6 nitrogen and oxygen atoms in total. The van der Waals surface area contributed by atoms with E-state index in [0.29, 0.717) is 17.4 Å². The molecule has 4 fully saturated rings. The van der Waals surface area contributed by atoms with Crippen molar-refractivity contribution in [2.24, 2.45) is 11.3 Å². The quantitative estimate of drug-likeness (QED) is 0.683. The molecule has 2 saturated carbocycles. The van der Waals surface area contributed by atoms with Gasteiger partial charge in [0.15, 0.2) is 0 Å². The number of urea groups is 1. The van der Waals surface area contributed by atoms with Crippen molar-refractivity contribution in [1.29, 1.82) is 0 Å². The number of nitrogens with zero attached hydrogens (tertiary/aromatic N) is 1. The van der Waals surface area contributed by atoms with Gasteiger partial charge in [-0.2, -0.15) is 0 Å². The van der Waals surface area contributed by atoms with Gasteiger partial charge in [-0.05, 0) is 63.5 Å². The Balaban J connectivity index is 0.00000210. The third-order valence-electron chi connectivity index (χ3n) is 7.17. The average molecular weight is 399 g/mol. The van der Waals surface area contributed by atoms with Gasteiger partial charge in [0.2, 0.25) is 5.91 Å². The molecule has 27 heavy (non-hydrogen) atoms. The van der Waals surface area contributed by atoms with Crippen LogP contribution in [0.2, 0.25) is 0 Å². The van der Waals surface area contributed by atoms with Crippen molar-refractivity contribution in [2.75, 3.05) is 26.2 Å². The summed E-state index contributed by atoms with van der Waals surface area (Å²) in [6.45, 7) is 3.70. The number of rotatable bonds is 3. The van der Waals surface area contributed by atoms with Crippen LogP contribution >= 0.6 is 12.4 Å². The summed E-state index contributed by atoms with van der Waals surface area (Å²) in [5, 5.41) is 9.66. The van der Waals surface area contributed by atoms with Crippen molar-refractivity contribution in [3.63, 3.8) is 0 Å². The number of hydrogen-bond acceptors (Lipinski definition) is 3. The van der Waals surface area contributed by atoms with Crippen molar-refractivity contribution in [2.45, 2.75) is 76.3 Å². The molecule has 0 aromatic heterocycles. The number of piperidine rings is 2. The van der Waals surface area contributed by atoms with Crippen molar-refractivity contribution < 1.29 is 9.59 Å². The zero-order valence-electron chi connectivity index (χ0n) is 16.3. The van der Waals surface area contributed by atoms with Crippen LogP contribution in [-0.2, 0) is 4.79 Å². The lowest BCUT2D eigenvalue weighted by Crippen LogP contribution is -2.51. The van der Waals surface area contributed by atoms with Gasteiger partial charge in [-0.1, -0.05) is 19.3 Å². The minimum absolute atomic E-state index is 0. The molecule has 154 valence electrons. The second-order valence-corrected chi connectivity index (χ2v) is 8.92. The number of likely N-dealkylation sites (tertiary alicyclic amines) is 1. The minimum atomic E-state index is -0.0162. The van der Waals surface area contributed by atoms with Crippen LogP contribution in [0.5, 0.6) is 0 Å². The van der Waals surface area contributed by atoms with E-state index in [0.717, 1.165) is 71.1 Å². The van der Waals surface area contributed by atoms with E-state index in [-0.39, 0.29) is 30.4 Å². The zero-order valence-corrected chi connectivity index (χ0v) is 17.1. The van der Waals surface area contributed by atoms with Crippen LogP contribution in [0.25, 0.3) is 0 Å². The lowest BCUT2D eigenvalue weighted by atomic mass is 9.91. The fourth-order valence-corrected chi connectivity index (χ4v) is 5.30. The molecular weight excluding hydrogens is 364 g/mol. The number of halogens is 1. The van der Waals surface area contributed by atoms with Crippen LogP contribution in [-0.4, -0.2) is 55.1 Å². The molecule has 0 bridgehead atoms. The number of carbonyl (C=O) groups is 2. The van der Waals surface area contributed by atoms with Gasteiger partial charge in [0.1, 0.15) is 0 Å². The Morgan fingerprint density at radius 3 is 2.11 bits per heavy atom. The van der Waals surface area contributed by atoms with E-state index >= 15 is 0 Å². The molecule has 0 aromatic carbocycles. The highest BCUT2D eigenvalue weighted by atomic mass is 35.5. The first-order valence-electron chi connectivity index (χ1n) is 10.7. The predicted octanol–water partition coefficient (Wildman–Crippen LogP) is 2.42. The maximum atomic E-state index is 12.8. The van der Waals surface area contributed by atoms with E-state index in [4.69, 9.17) is 0 Å². The minimum Gasteiger partial charge on any atom is -0.342 e. The highest BCUT2D eigenvalue weighted by Crippen LogP contribution is 2.59. The van der Waals surface area contributed by atoms with Gasteiger partial charge >= 0.3 is 6.03 Å². The van der Waals surface area contributed by atoms with Gasteiger partial charge in [0, 0.05) is 31.1 Å². The van der Waals surface area contributed by atoms with Crippen molar-refractivity contribution in [3.8, 4) is 0 Å². The Morgan fingerprint density at radius 2 is 1.48 bits per heavy atom. The van der Waals surface area contributed by atoms with E-state index in [9.17, 15) is 9.59 Å². The zero-order chi connectivity index (χ0) is 18.0. The summed E-state index contributed by atoms with van der Waals surface area (Å²) in [6, 6.07) is 0.536. The van der Waals surface area contributed by atoms with E-state index in [1.165, 1.54) is 19.3 Å². The lowest BCUT2D eigenvalue weighted by Gasteiger charge is -2.34. The molecule has 3 N–H and O–H groups in total. The highest BCUT2D eigenvalue weighted by molar-refractivity contribution is 5.85. The summed E-state index contributed by atoms with van der Waals surface area (Å²) in [5.74, 6) is 0.640. The number of carbonyl (C=O) groups excluding carboxylic acids is 2. The normalized spacial score (nSPS) is 28.3.